The summed E-state index contributed by atoms with van der Waals surface area (Å²) < 4.78 is 5.24. The van der Waals surface area contributed by atoms with Crippen LogP contribution in [-0.4, -0.2) is 21.7 Å². The number of aromatic amines is 1. The van der Waals surface area contributed by atoms with Gasteiger partial charge in [-0.2, -0.15) is 0 Å². The molecule has 0 spiro atoms. The third-order valence-corrected chi connectivity index (χ3v) is 2.21. The van der Waals surface area contributed by atoms with E-state index in [1.54, 1.807) is 12.3 Å². The molecule has 0 aromatic carbocycles. The maximum absolute atomic E-state index is 8.91. The fourth-order valence-corrected chi connectivity index (χ4v) is 1.40. The van der Waals surface area contributed by atoms with Crippen molar-refractivity contribution in [2.75, 3.05) is 6.61 Å². The first-order valence-electron chi connectivity index (χ1n) is 4.69. The van der Waals surface area contributed by atoms with Gasteiger partial charge in [0, 0.05) is 5.69 Å². The van der Waals surface area contributed by atoms with Crippen LogP contribution in [0.1, 0.15) is 17.6 Å². The lowest BCUT2D eigenvalue weighted by Crippen LogP contribution is -2.15. The van der Waals surface area contributed by atoms with Crippen molar-refractivity contribution in [3.63, 3.8) is 0 Å². The highest BCUT2D eigenvalue weighted by Crippen LogP contribution is 2.22. The van der Waals surface area contributed by atoms with E-state index in [0.29, 0.717) is 11.6 Å². The Labute approximate surface area is 86.9 Å². The molecular formula is C10H13N3O2. The molecule has 0 bridgehead atoms. The Hall–Kier alpha value is -1.59. The first-order valence-corrected chi connectivity index (χ1v) is 4.69. The normalized spacial score (nSPS) is 13.0. The molecule has 0 aliphatic rings. The zero-order valence-corrected chi connectivity index (χ0v) is 8.40. The van der Waals surface area contributed by atoms with E-state index in [9.17, 15) is 0 Å². The molecule has 0 saturated heterocycles. The van der Waals surface area contributed by atoms with Gasteiger partial charge in [0.1, 0.15) is 11.5 Å². The SMILES string of the molecule is Cc1[nH]c(C(N)CO)nc1-c1ccco1. The fraction of sp³-hybridized carbons (Fsp3) is 0.300. The van der Waals surface area contributed by atoms with Crippen LogP contribution in [-0.2, 0) is 0 Å². The summed E-state index contributed by atoms with van der Waals surface area (Å²) >= 11 is 0. The number of aliphatic hydroxyl groups excluding tert-OH is 1. The van der Waals surface area contributed by atoms with E-state index in [1.807, 2.05) is 13.0 Å². The maximum atomic E-state index is 8.91. The predicted molar refractivity (Wildman–Crippen MR) is 55.0 cm³/mol. The molecule has 15 heavy (non-hydrogen) atoms. The van der Waals surface area contributed by atoms with E-state index in [-0.39, 0.29) is 6.61 Å². The Morgan fingerprint density at radius 1 is 1.67 bits per heavy atom. The minimum atomic E-state index is -0.479. The highest BCUT2D eigenvalue weighted by Gasteiger charge is 2.14. The number of imidazole rings is 1. The molecule has 0 radical (unpaired) electrons. The molecule has 0 aliphatic heterocycles. The van der Waals surface area contributed by atoms with Crippen LogP contribution >= 0.6 is 0 Å². The minimum Gasteiger partial charge on any atom is -0.463 e. The quantitative estimate of drug-likeness (QED) is 0.699. The number of nitrogens with zero attached hydrogens (tertiary/aromatic N) is 1. The van der Waals surface area contributed by atoms with Crippen LogP contribution in [0, 0.1) is 6.92 Å². The standard InChI is InChI=1S/C10H13N3O2/c1-6-9(8-3-2-4-15-8)13-10(12-6)7(11)5-14/h2-4,7,14H,5,11H2,1H3,(H,12,13). The Bertz CT molecular complexity index is 433. The lowest BCUT2D eigenvalue weighted by atomic mass is 10.3. The van der Waals surface area contributed by atoms with Crippen LogP contribution in [0.3, 0.4) is 0 Å². The summed E-state index contributed by atoms with van der Waals surface area (Å²) in [6, 6.07) is 3.15. The van der Waals surface area contributed by atoms with Crippen LogP contribution in [0.25, 0.3) is 11.5 Å². The lowest BCUT2D eigenvalue weighted by molar-refractivity contribution is 0.264. The number of nitrogens with one attached hydrogen (secondary N) is 1. The van der Waals surface area contributed by atoms with Gasteiger partial charge in [0.05, 0.1) is 18.9 Å². The number of nitrogens with two attached hydrogens (primary N) is 1. The van der Waals surface area contributed by atoms with Crippen LogP contribution in [0.5, 0.6) is 0 Å². The van der Waals surface area contributed by atoms with E-state index in [4.69, 9.17) is 15.3 Å². The number of furan rings is 1. The second-order valence-corrected chi connectivity index (χ2v) is 3.36. The third kappa shape index (κ3) is 1.79. The topological polar surface area (TPSA) is 88.1 Å². The molecule has 2 rings (SSSR count). The Morgan fingerprint density at radius 2 is 2.47 bits per heavy atom. The highest BCUT2D eigenvalue weighted by atomic mass is 16.3. The van der Waals surface area contributed by atoms with Crippen molar-refractivity contribution < 1.29 is 9.52 Å². The molecular weight excluding hydrogens is 194 g/mol. The lowest BCUT2D eigenvalue weighted by Gasteiger charge is -2.01. The third-order valence-electron chi connectivity index (χ3n) is 2.21. The molecule has 0 saturated carbocycles. The van der Waals surface area contributed by atoms with Gasteiger partial charge in [0.2, 0.25) is 0 Å². The molecule has 5 nitrogen and oxygen atoms in total. The van der Waals surface area contributed by atoms with Gasteiger partial charge in [-0.15, -0.1) is 0 Å². The first-order chi connectivity index (χ1) is 7.22. The average molecular weight is 207 g/mol. The molecule has 1 unspecified atom stereocenters. The van der Waals surface area contributed by atoms with Gasteiger partial charge in [-0.1, -0.05) is 0 Å². The van der Waals surface area contributed by atoms with Crippen molar-refractivity contribution in [2.24, 2.45) is 5.73 Å². The van der Waals surface area contributed by atoms with Gasteiger partial charge in [0.25, 0.3) is 0 Å². The summed E-state index contributed by atoms with van der Waals surface area (Å²) in [5.74, 6) is 1.27. The maximum Gasteiger partial charge on any atom is 0.154 e. The van der Waals surface area contributed by atoms with Crippen molar-refractivity contribution in [1.29, 1.82) is 0 Å². The molecule has 4 N–H and O–H groups in total. The van der Waals surface area contributed by atoms with Crippen LogP contribution in [0.4, 0.5) is 0 Å². The van der Waals surface area contributed by atoms with E-state index >= 15 is 0 Å². The Kier molecular flexibility index (Phi) is 2.57. The van der Waals surface area contributed by atoms with Gasteiger partial charge < -0.3 is 20.2 Å². The summed E-state index contributed by atoms with van der Waals surface area (Å²) in [5, 5.41) is 8.91. The zero-order chi connectivity index (χ0) is 10.8. The number of aryl methyl sites for hydroxylation is 1. The van der Waals surface area contributed by atoms with Crippen molar-refractivity contribution in [2.45, 2.75) is 13.0 Å². The number of rotatable bonds is 3. The highest BCUT2D eigenvalue weighted by molar-refractivity contribution is 5.55. The number of aromatic nitrogens is 2. The van der Waals surface area contributed by atoms with Crippen molar-refractivity contribution in [3.05, 3.63) is 29.9 Å². The first kappa shape index (κ1) is 9.95. The zero-order valence-electron chi connectivity index (χ0n) is 8.40. The van der Waals surface area contributed by atoms with Crippen LogP contribution in [0.2, 0.25) is 0 Å². The number of aliphatic hydroxyl groups is 1. The summed E-state index contributed by atoms with van der Waals surface area (Å²) in [5.41, 5.74) is 7.27. The van der Waals surface area contributed by atoms with Crippen LogP contribution < -0.4 is 5.73 Å². The monoisotopic (exact) mass is 207 g/mol. The number of H-pyrrole nitrogens is 1. The summed E-state index contributed by atoms with van der Waals surface area (Å²) in [7, 11) is 0. The van der Waals surface area contributed by atoms with Crippen molar-refractivity contribution in [3.8, 4) is 11.5 Å². The van der Waals surface area contributed by atoms with Gasteiger partial charge in [-0.25, -0.2) is 4.98 Å². The van der Waals surface area contributed by atoms with E-state index < -0.39 is 6.04 Å². The number of hydrogen-bond acceptors (Lipinski definition) is 4. The Balaban J connectivity index is 2.38. The molecule has 80 valence electrons. The van der Waals surface area contributed by atoms with E-state index in [2.05, 4.69) is 9.97 Å². The summed E-state index contributed by atoms with van der Waals surface area (Å²) in [4.78, 5) is 7.32. The van der Waals surface area contributed by atoms with Crippen LogP contribution in [0.15, 0.2) is 22.8 Å². The largest absolute Gasteiger partial charge is 0.463 e. The summed E-state index contributed by atoms with van der Waals surface area (Å²) in [6.07, 6.45) is 1.59. The molecule has 0 fully saturated rings. The van der Waals surface area contributed by atoms with Gasteiger partial charge in [0.15, 0.2) is 5.76 Å². The molecule has 2 aromatic heterocycles. The van der Waals surface area contributed by atoms with Crippen molar-refractivity contribution >= 4 is 0 Å². The molecule has 0 amide bonds. The minimum absolute atomic E-state index is 0.134. The predicted octanol–water partition coefficient (Wildman–Crippen LogP) is 0.970. The van der Waals surface area contributed by atoms with E-state index in [0.717, 1.165) is 11.4 Å². The Morgan fingerprint density at radius 3 is 3.07 bits per heavy atom. The molecule has 0 aliphatic carbocycles. The molecule has 2 heterocycles. The van der Waals surface area contributed by atoms with Gasteiger partial charge >= 0.3 is 0 Å². The average Bonchev–Trinajstić information content (AvgIpc) is 2.84. The number of hydrogen-bond donors (Lipinski definition) is 3. The van der Waals surface area contributed by atoms with Gasteiger partial charge in [-0.3, -0.25) is 0 Å². The smallest absolute Gasteiger partial charge is 0.154 e. The van der Waals surface area contributed by atoms with Gasteiger partial charge in [-0.05, 0) is 19.1 Å². The fourth-order valence-electron chi connectivity index (χ4n) is 1.40. The second-order valence-electron chi connectivity index (χ2n) is 3.36. The molecule has 5 heteroatoms. The summed E-state index contributed by atoms with van der Waals surface area (Å²) in [6.45, 7) is 1.75. The molecule has 2 aromatic rings. The molecule has 1 atom stereocenters. The van der Waals surface area contributed by atoms with E-state index in [1.165, 1.54) is 0 Å². The second kappa shape index (κ2) is 3.88. The van der Waals surface area contributed by atoms with Crippen molar-refractivity contribution in [1.82, 2.24) is 9.97 Å².